The van der Waals surface area contributed by atoms with E-state index in [9.17, 15) is 9.59 Å². The van der Waals surface area contributed by atoms with Crippen LogP contribution in [-0.2, 0) is 9.59 Å². The van der Waals surface area contributed by atoms with E-state index in [1.54, 1.807) is 0 Å². The van der Waals surface area contributed by atoms with Crippen LogP contribution in [0.1, 0.15) is 32.1 Å². The molecule has 2 amide bonds. The number of piperazine rings is 1. The van der Waals surface area contributed by atoms with Crippen molar-refractivity contribution < 1.29 is 9.59 Å². The Morgan fingerprint density at radius 2 is 1.50 bits per heavy atom. The first kappa shape index (κ1) is 16.3. The minimum atomic E-state index is 0.0376. The van der Waals surface area contributed by atoms with Gasteiger partial charge in [0.1, 0.15) is 0 Å². The normalized spacial score (nSPS) is 36.5. The van der Waals surface area contributed by atoms with Gasteiger partial charge in [-0.2, -0.15) is 0 Å². The van der Waals surface area contributed by atoms with Crippen molar-refractivity contribution in [2.24, 2.45) is 23.5 Å². The molecule has 0 aromatic carbocycles. The molecule has 6 heteroatoms. The van der Waals surface area contributed by atoms with Crippen LogP contribution in [0.5, 0.6) is 0 Å². The first-order valence-electron chi connectivity index (χ1n) is 9.68. The first-order valence-corrected chi connectivity index (χ1v) is 9.68. The minimum Gasteiger partial charge on any atom is -0.339 e. The van der Waals surface area contributed by atoms with E-state index >= 15 is 0 Å². The number of rotatable bonds is 3. The molecule has 4 unspecified atom stereocenters. The molecule has 2 heterocycles. The molecule has 2 bridgehead atoms. The molecule has 24 heavy (non-hydrogen) atoms. The number of hydrogen-bond donors (Lipinski definition) is 1. The molecular weight excluding hydrogens is 304 g/mol. The lowest BCUT2D eigenvalue weighted by atomic mass is 9.84. The summed E-state index contributed by atoms with van der Waals surface area (Å²) in [6.45, 7) is 5.34. The van der Waals surface area contributed by atoms with Crippen LogP contribution >= 0.6 is 0 Å². The van der Waals surface area contributed by atoms with Crippen LogP contribution in [0.15, 0.2) is 0 Å². The molecule has 4 atom stereocenters. The topological polar surface area (TPSA) is 69.9 Å². The summed E-state index contributed by atoms with van der Waals surface area (Å²) in [5.41, 5.74) is 6.32. The maximum Gasteiger partial charge on any atom is 0.236 e. The van der Waals surface area contributed by atoms with Crippen LogP contribution in [0, 0.1) is 17.8 Å². The Hall–Kier alpha value is -1.14. The highest BCUT2D eigenvalue weighted by Gasteiger charge is 2.50. The average Bonchev–Trinajstić information content (AvgIpc) is 3.32. The van der Waals surface area contributed by atoms with Crippen LogP contribution in [-0.4, -0.2) is 78.4 Å². The molecule has 2 aliphatic heterocycles. The molecule has 0 aromatic heterocycles. The predicted octanol–water partition coefficient (Wildman–Crippen LogP) is 0.126. The van der Waals surface area contributed by atoms with E-state index in [0.717, 1.165) is 19.5 Å². The molecule has 134 valence electrons. The van der Waals surface area contributed by atoms with E-state index in [0.29, 0.717) is 44.6 Å². The number of hydrogen-bond acceptors (Lipinski definition) is 4. The molecule has 4 rings (SSSR count). The maximum atomic E-state index is 12.9. The predicted molar refractivity (Wildman–Crippen MR) is 91.1 cm³/mol. The van der Waals surface area contributed by atoms with Crippen LogP contribution < -0.4 is 5.73 Å². The van der Waals surface area contributed by atoms with Gasteiger partial charge in [0.2, 0.25) is 11.8 Å². The van der Waals surface area contributed by atoms with Gasteiger partial charge in [-0.1, -0.05) is 0 Å². The van der Waals surface area contributed by atoms with Crippen molar-refractivity contribution >= 4 is 11.8 Å². The second-order valence-electron chi connectivity index (χ2n) is 8.13. The fourth-order valence-electron chi connectivity index (χ4n) is 5.32. The highest BCUT2D eigenvalue weighted by molar-refractivity contribution is 5.82. The summed E-state index contributed by atoms with van der Waals surface area (Å²) in [6, 6.07) is 0.0612. The van der Waals surface area contributed by atoms with E-state index in [4.69, 9.17) is 5.73 Å². The fourth-order valence-corrected chi connectivity index (χ4v) is 5.32. The highest BCUT2D eigenvalue weighted by Crippen LogP contribution is 2.48. The zero-order valence-electron chi connectivity index (χ0n) is 14.5. The smallest absolute Gasteiger partial charge is 0.236 e. The Kier molecular flexibility index (Phi) is 4.52. The highest BCUT2D eigenvalue weighted by atomic mass is 16.2. The number of likely N-dealkylation sites (tertiary alicyclic amines) is 1. The van der Waals surface area contributed by atoms with Crippen LogP contribution in [0.4, 0.5) is 0 Å². The zero-order chi connectivity index (χ0) is 16.7. The van der Waals surface area contributed by atoms with Gasteiger partial charge in [0.05, 0.1) is 12.5 Å². The van der Waals surface area contributed by atoms with Crippen molar-refractivity contribution in [1.29, 1.82) is 0 Å². The molecule has 6 nitrogen and oxygen atoms in total. The second kappa shape index (κ2) is 6.64. The largest absolute Gasteiger partial charge is 0.339 e. The molecule has 2 aliphatic carbocycles. The quantitative estimate of drug-likeness (QED) is 0.796. The van der Waals surface area contributed by atoms with Crippen LogP contribution in [0.3, 0.4) is 0 Å². The maximum absolute atomic E-state index is 12.9. The van der Waals surface area contributed by atoms with Crippen molar-refractivity contribution in [3.05, 3.63) is 0 Å². The molecule has 0 radical (unpaired) electrons. The molecule has 0 spiro atoms. The first-order chi connectivity index (χ1) is 11.6. The summed E-state index contributed by atoms with van der Waals surface area (Å²) in [6.07, 6.45) is 5.93. The second-order valence-corrected chi connectivity index (χ2v) is 8.13. The van der Waals surface area contributed by atoms with E-state index in [2.05, 4.69) is 4.90 Å². The number of nitrogens with zero attached hydrogens (tertiary/aromatic N) is 3. The van der Waals surface area contributed by atoms with Gasteiger partial charge in [0.15, 0.2) is 0 Å². The van der Waals surface area contributed by atoms with Crippen LogP contribution in [0.25, 0.3) is 0 Å². The molecule has 4 aliphatic rings. The van der Waals surface area contributed by atoms with E-state index in [-0.39, 0.29) is 23.8 Å². The number of fused-ring (bicyclic) bond motifs is 2. The Balaban J connectivity index is 1.28. The third kappa shape index (κ3) is 2.94. The summed E-state index contributed by atoms with van der Waals surface area (Å²) in [5.74, 6) is 1.58. The summed E-state index contributed by atoms with van der Waals surface area (Å²) in [4.78, 5) is 31.4. The molecular formula is C18H30N4O2. The monoisotopic (exact) mass is 334 g/mol. The minimum absolute atomic E-state index is 0.0376. The molecule has 2 saturated carbocycles. The van der Waals surface area contributed by atoms with Crippen molar-refractivity contribution in [3.63, 3.8) is 0 Å². The van der Waals surface area contributed by atoms with Gasteiger partial charge in [-0.3, -0.25) is 14.5 Å². The van der Waals surface area contributed by atoms with Gasteiger partial charge in [-0.05, 0) is 57.0 Å². The van der Waals surface area contributed by atoms with Gasteiger partial charge < -0.3 is 15.5 Å². The fraction of sp³-hybridized carbons (Fsp3) is 0.889. The number of carbonyl (C=O) groups is 2. The Morgan fingerprint density at radius 1 is 0.875 bits per heavy atom. The Morgan fingerprint density at radius 3 is 2.12 bits per heavy atom. The van der Waals surface area contributed by atoms with Crippen molar-refractivity contribution in [3.8, 4) is 0 Å². The van der Waals surface area contributed by atoms with E-state index < -0.39 is 0 Å². The summed E-state index contributed by atoms with van der Waals surface area (Å²) in [5, 5.41) is 0. The van der Waals surface area contributed by atoms with Gasteiger partial charge in [-0.15, -0.1) is 0 Å². The third-order valence-electron chi connectivity index (χ3n) is 6.77. The third-order valence-corrected chi connectivity index (χ3v) is 6.77. The van der Waals surface area contributed by atoms with Crippen molar-refractivity contribution in [2.75, 3.05) is 45.8 Å². The number of nitrogens with two attached hydrogens (primary N) is 1. The van der Waals surface area contributed by atoms with Crippen molar-refractivity contribution in [1.82, 2.24) is 14.7 Å². The molecule has 4 fully saturated rings. The van der Waals surface area contributed by atoms with E-state index in [1.807, 2.05) is 9.80 Å². The average molecular weight is 334 g/mol. The lowest BCUT2D eigenvalue weighted by molar-refractivity contribution is -0.144. The van der Waals surface area contributed by atoms with Crippen molar-refractivity contribution in [2.45, 2.75) is 38.1 Å². The summed E-state index contributed by atoms with van der Waals surface area (Å²) >= 11 is 0. The standard InChI is InChI=1S/C18H30N4O2/c19-17-14-4-3-13(11-14)16(17)18(24)22-9-7-21(8-10-22)15(23)12-20-5-1-2-6-20/h13-14,16-17H,1-12,19H2. The van der Waals surface area contributed by atoms with Gasteiger partial charge >= 0.3 is 0 Å². The SMILES string of the molecule is NC1C2CCC(C2)C1C(=O)N1CCN(C(=O)CN2CCCC2)CC1. The lowest BCUT2D eigenvalue weighted by Crippen LogP contribution is -2.55. The van der Waals surface area contributed by atoms with Gasteiger partial charge in [0, 0.05) is 32.2 Å². The van der Waals surface area contributed by atoms with E-state index in [1.165, 1.54) is 25.7 Å². The molecule has 2 saturated heterocycles. The lowest BCUT2D eigenvalue weighted by Gasteiger charge is -2.38. The van der Waals surface area contributed by atoms with Gasteiger partial charge in [-0.25, -0.2) is 0 Å². The number of carbonyl (C=O) groups excluding carboxylic acids is 2. The Labute approximate surface area is 144 Å². The molecule has 0 aromatic rings. The molecule has 2 N–H and O–H groups in total. The summed E-state index contributed by atoms with van der Waals surface area (Å²) in [7, 11) is 0. The Bertz CT molecular complexity index is 495. The zero-order valence-corrected chi connectivity index (χ0v) is 14.5. The number of amides is 2. The van der Waals surface area contributed by atoms with Crippen LogP contribution in [0.2, 0.25) is 0 Å². The summed E-state index contributed by atoms with van der Waals surface area (Å²) < 4.78 is 0. The van der Waals surface area contributed by atoms with Gasteiger partial charge in [0.25, 0.3) is 0 Å².